The third-order valence-corrected chi connectivity index (χ3v) is 4.67. The molecule has 0 fully saturated rings. The third kappa shape index (κ3) is 5.32. The maximum Gasteiger partial charge on any atom is 0.344 e. The van der Waals surface area contributed by atoms with Crippen LogP contribution >= 0.6 is 22.6 Å². The van der Waals surface area contributed by atoms with Gasteiger partial charge < -0.3 is 14.2 Å². The minimum Gasteiger partial charge on any atom is -0.490 e. The first-order chi connectivity index (χ1) is 13.6. The summed E-state index contributed by atoms with van der Waals surface area (Å²) in [7, 11) is 0. The van der Waals surface area contributed by atoms with Gasteiger partial charge in [0.05, 0.1) is 5.56 Å². The lowest BCUT2D eigenvalue weighted by Crippen LogP contribution is -2.16. The van der Waals surface area contributed by atoms with Crippen LogP contribution in [-0.4, -0.2) is 25.2 Å². The topological polar surface area (TPSA) is 61.8 Å². The van der Waals surface area contributed by atoms with Crippen LogP contribution in [0.4, 0.5) is 0 Å². The largest absolute Gasteiger partial charge is 0.490 e. The number of esters is 2. The Morgan fingerprint density at radius 3 is 2.11 bits per heavy atom. The zero-order chi connectivity index (χ0) is 19.8. The first kappa shape index (κ1) is 19.9. The summed E-state index contributed by atoms with van der Waals surface area (Å²) in [6.45, 7) is 0.298. The second-order valence-electron chi connectivity index (χ2n) is 5.66. The first-order valence-electron chi connectivity index (χ1n) is 8.56. The molecule has 142 valence electrons. The molecule has 0 unspecified atom stereocenters. The molecule has 0 atom stereocenters. The van der Waals surface area contributed by atoms with Crippen LogP contribution in [0.1, 0.15) is 20.7 Å². The van der Waals surface area contributed by atoms with E-state index in [9.17, 15) is 9.59 Å². The van der Waals surface area contributed by atoms with Gasteiger partial charge in [0.2, 0.25) is 0 Å². The fourth-order valence-electron chi connectivity index (χ4n) is 2.39. The van der Waals surface area contributed by atoms with Crippen molar-refractivity contribution in [2.45, 2.75) is 0 Å². The molecule has 0 aromatic heterocycles. The molecule has 6 heteroatoms. The average Bonchev–Trinajstić information content (AvgIpc) is 2.72. The lowest BCUT2D eigenvalue weighted by atomic mass is 10.2. The molecule has 0 spiro atoms. The van der Waals surface area contributed by atoms with Crippen molar-refractivity contribution >= 4 is 34.5 Å². The second kappa shape index (κ2) is 9.89. The smallest absolute Gasteiger partial charge is 0.344 e. The molecule has 0 heterocycles. The van der Waals surface area contributed by atoms with Gasteiger partial charge in [0.1, 0.15) is 30.3 Å². The maximum atomic E-state index is 12.4. The van der Waals surface area contributed by atoms with Gasteiger partial charge in [-0.25, -0.2) is 9.59 Å². The van der Waals surface area contributed by atoms with E-state index < -0.39 is 11.9 Å². The monoisotopic (exact) mass is 488 g/mol. The van der Waals surface area contributed by atoms with Gasteiger partial charge in [-0.15, -0.1) is 0 Å². The minimum atomic E-state index is -0.581. The van der Waals surface area contributed by atoms with Crippen LogP contribution in [0.2, 0.25) is 0 Å². The van der Waals surface area contributed by atoms with Gasteiger partial charge in [0.25, 0.3) is 0 Å². The summed E-state index contributed by atoms with van der Waals surface area (Å²) in [6, 6.07) is 22.8. The molecular weight excluding hydrogens is 471 g/mol. The summed E-state index contributed by atoms with van der Waals surface area (Å²) in [4.78, 5) is 24.8. The Bertz CT molecular complexity index is 956. The van der Waals surface area contributed by atoms with Crippen molar-refractivity contribution in [3.8, 4) is 11.5 Å². The van der Waals surface area contributed by atoms with Gasteiger partial charge in [0.15, 0.2) is 0 Å². The fourth-order valence-corrected chi connectivity index (χ4v) is 3.00. The molecule has 0 saturated carbocycles. The van der Waals surface area contributed by atoms with Gasteiger partial charge in [-0.3, -0.25) is 0 Å². The lowest BCUT2D eigenvalue weighted by Gasteiger charge is -2.11. The van der Waals surface area contributed by atoms with E-state index in [1.165, 1.54) is 0 Å². The highest BCUT2D eigenvalue weighted by Crippen LogP contribution is 2.22. The van der Waals surface area contributed by atoms with E-state index in [1.54, 1.807) is 36.4 Å². The highest BCUT2D eigenvalue weighted by molar-refractivity contribution is 14.1. The number of carbonyl (C=O) groups excluding carboxylic acids is 2. The van der Waals surface area contributed by atoms with Gasteiger partial charge in [0, 0.05) is 3.57 Å². The molecule has 3 aromatic rings. The molecule has 0 aliphatic carbocycles. The van der Waals surface area contributed by atoms with Crippen LogP contribution in [0, 0.1) is 3.57 Å². The molecule has 0 aliphatic heterocycles. The van der Waals surface area contributed by atoms with E-state index in [4.69, 9.17) is 14.2 Å². The van der Waals surface area contributed by atoms with E-state index >= 15 is 0 Å². The van der Waals surface area contributed by atoms with Crippen LogP contribution in [0.15, 0.2) is 78.9 Å². The number of para-hydroxylation sites is 2. The molecule has 0 saturated heterocycles. The lowest BCUT2D eigenvalue weighted by molar-refractivity contribution is 0.0445. The molecule has 0 radical (unpaired) electrons. The Morgan fingerprint density at radius 1 is 0.714 bits per heavy atom. The molecule has 0 aliphatic rings. The van der Waals surface area contributed by atoms with Crippen molar-refractivity contribution in [2.24, 2.45) is 0 Å². The SMILES string of the molecule is O=C(Oc1ccccc1C(=O)OCCOc1ccccc1)c1ccccc1I. The summed E-state index contributed by atoms with van der Waals surface area (Å²) in [6.07, 6.45) is 0. The van der Waals surface area contributed by atoms with Crippen molar-refractivity contribution in [1.29, 1.82) is 0 Å². The van der Waals surface area contributed by atoms with Gasteiger partial charge in [-0.05, 0) is 59.0 Å². The number of ether oxygens (including phenoxy) is 3. The minimum absolute atomic E-state index is 0.0760. The summed E-state index contributed by atoms with van der Waals surface area (Å²) < 4.78 is 16.9. The van der Waals surface area contributed by atoms with Gasteiger partial charge in [-0.1, -0.05) is 42.5 Å². The highest BCUT2D eigenvalue weighted by Gasteiger charge is 2.18. The number of rotatable bonds is 7. The fraction of sp³-hybridized carbons (Fsp3) is 0.0909. The summed E-state index contributed by atoms with van der Waals surface area (Å²) in [5.41, 5.74) is 0.615. The third-order valence-electron chi connectivity index (χ3n) is 3.73. The summed E-state index contributed by atoms with van der Waals surface area (Å²) in [5.74, 6) is -0.257. The molecule has 3 aromatic carbocycles. The van der Waals surface area contributed by atoms with Crippen LogP contribution in [0.5, 0.6) is 11.5 Å². The predicted octanol–water partition coefficient (Wildman–Crippen LogP) is 4.75. The Morgan fingerprint density at radius 2 is 1.36 bits per heavy atom. The Labute approximate surface area is 176 Å². The molecule has 0 bridgehead atoms. The molecular formula is C22H17IO5. The van der Waals surface area contributed by atoms with Gasteiger partial charge >= 0.3 is 11.9 Å². The molecule has 0 N–H and O–H groups in total. The Hall–Kier alpha value is -2.87. The van der Waals surface area contributed by atoms with Crippen molar-refractivity contribution in [2.75, 3.05) is 13.2 Å². The average molecular weight is 488 g/mol. The summed E-state index contributed by atoms with van der Waals surface area (Å²) >= 11 is 2.06. The number of carbonyl (C=O) groups is 2. The van der Waals surface area contributed by atoms with E-state index in [1.807, 2.05) is 42.5 Å². The second-order valence-corrected chi connectivity index (χ2v) is 6.83. The Balaban J connectivity index is 1.60. The van der Waals surface area contributed by atoms with Crippen LogP contribution in [0.25, 0.3) is 0 Å². The normalized spacial score (nSPS) is 10.2. The van der Waals surface area contributed by atoms with E-state index in [-0.39, 0.29) is 24.5 Å². The van der Waals surface area contributed by atoms with Gasteiger partial charge in [-0.2, -0.15) is 0 Å². The number of halogens is 1. The standard InChI is InChI=1S/C22H17IO5/c23-19-12-6-4-10-17(19)22(25)28-20-13-7-5-11-18(20)21(24)27-15-14-26-16-8-2-1-3-9-16/h1-13H,14-15H2. The number of benzene rings is 3. The van der Waals surface area contributed by atoms with Crippen LogP contribution < -0.4 is 9.47 Å². The predicted molar refractivity (Wildman–Crippen MR) is 113 cm³/mol. The first-order valence-corrected chi connectivity index (χ1v) is 9.64. The molecule has 5 nitrogen and oxygen atoms in total. The quantitative estimate of drug-likeness (QED) is 0.208. The van der Waals surface area contributed by atoms with Crippen molar-refractivity contribution in [3.05, 3.63) is 93.6 Å². The van der Waals surface area contributed by atoms with Crippen molar-refractivity contribution in [3.63, 3.8) is 0 Å². The van der Waals surface area contributed by atoms with E-state index in [0.29, 0.717) is 11.3 Å². The van der Waals surface area contributed by atoms with E-state index in [0.717, 1.165) is 3.57 Å². The molecule has 28 heavy (non-hydrogen) atoms. The van der Waals surface area contributed by atoms with Crippen LogP contribution in [0.3, 0.4) is 0 Å². The number of hydrogen-bond acceptors (Lipinski definition) is 5. The van der Waals surface area contributed by atoms with Crippen molar-refractivity contribution < 1.29 is 23.8 Å². The number of hydrogen-bond donors (Lipinski definition) is 0. The molecule has 0 amide bonds. The zero-order valence-electron chi connectivity index (χ0n) is 14.8. The zero-order valence-corrected chi connectivity index (χ0v) is 17.0. The van der Waals surface area contributed by atoms with E-state index in [2.05, 4.69) is 22.6 Å². The van der Waals surface area contributed by atoms with Crippen LogP contribution in [-0.2, 0) is 4.74 Å². The Kier molecular flexibility index (Phi) is 7.02. The highest BCUT2D eigenvalue weighted by atomic mass is 127. The summed E-state index contributed by atoms with van der Waals surface area (Å²) in [5, 5.41) is 0. The van der Waals surface area contributed by atoms with Crippen molar-refractivity contribution in [1.82, 2.24) is 0 Å². The maximum absolute atomic E-state index is 12.4. The molecule has 3 rings (SSSR count).